The molecule has 4 nitrogen and oxygen atoms in total. The molecule has 114 valence electrons. The van der Waals surface area contributed by atoms with Gasteiger partial charge in [0.05, 0.1) is 5.25 Å². The molecule has 0 bridgehead atoms. The number of nitrogens with one attached hydrogen (secondary N) is 2. The molecule has 2 N–H and O–H groups in total. The summed E-state index contributed by atoms with van der Waals surface area (Å²) in [6.07, 6.45) is 4.34. The summed E-state index contributed by atoms with van der Waals surface area (Å²) in [5, 5.41) is 5.04. The molecule has 3 amide bonds. The topological polar surface area (TPSA) is 58.2 Å². The number of rotatable bonds is 5. The highest BCUT2D eigenvalue weighted by Crippen LogP contribution is 2.18. The van der Waals surface area contributed by atoms with Crippen LogP contribution in [0.25, 0.3) is 0 Å². The van der Waals surface area contributed by atoms with Crippen molar-refractivity contribution < 1.29 is 9.59 Å². The van der Waals surface area contributed by atoms with Gasteiger partial charge >= 0.3 is 6.03 Å². The third-order valence-electron chi connectivity index (χ3n) is 3.64. The Morgan fingerprint density at radius 1 is 1.24 bits per heavy atom. The number of carbonyl (C=O) groups is 2. The maximum Gasteiger partial charge on any atom is 0.321 e. The average molecular weight is 306 g/mol. The molecule has 5 heteroatoms. The van der Waals surface area contributed by atoms with Crippen LogP contribution in [0.3, 0.4) is 0 Å². The van der Waals surface area contributed by atoms with Crippen molar-refractivity contribution in [2.45, 2.75) is 49.7 Å². The Bertz CT molecular complexity index is 472. The smallest absolute Gasteiger partial charge is 0.321 e. The van der Waals surface area contributed by atoms with Gasteiger partial charge in [0.2, 0.25) is 5.91 Å². The van der Waals surface area contributed by atoms with Crippen LogP contribution >= 0.6 is 11.8 Å². The van der Waals surface area contributed by atoms with Crippen LogP contribution in [0.4, 0.5) is 4.79 Å². The SMILES string of the molecule is C[C@@H](SCc1ccccc1)C(=O)NC(=O)NC1CCCC1. The number of hydrogen-bond donors (Lipinski definition) is 2. The molecule has 1 fully saturated rings. The van der Waals surface area contributed by atoms with Crippen molar-refractivity contribution in [1.29, 1.82) is 0 Å². The molecule has 1 aromatic rings. The van der Waals surface area contributed by atoms with Crippen molar-refractivity contribution >= 4 is 23.7 Å². The number of amides is 3. The first-order valence-electron chi connectivity index (χ1n) is 7.42. The van der Waals surface area contributed by atoms with Gasteiger partial charge in [-0.3, -0.25) is 10.1 Å². The van der Waals surface area contributed by atoms with Gasteiger partial charge in [0, 0.05) is 11.8 Å². The second kappa shape index (κ2) is 8.08. The second-order valence-corrected chi connectivity index (χ2v) is 6.71. The lowest BCUT2D eigenvalue weighted by molar-refractivity contribution is -0.119. The average Bonchev–Trinajstić information content (AvgIpc) is 2.98. The molecule has 1 saturated carbocycles. The van der Waals surface area contributed by atoms with E-state index in [0.717, 1.165) is 31.4 Å². The molecular weight excluding hydrogens is 284 g/mol. The lowest BCUT2D eigenvalue weighted by Gasteiger charge is -2.14. The van der Waals surface area contributed by atoms with Gasteiger partial charge in [0.1, 0.15) is 0 Å². The minimum Gasteiger partial charge on any atom is -0.335 e. The van der Waals surface area contributed by atoms with Gasteiger partial charge in [-0.15, -0.1) is 11.8 Å². The van der Waals surface area contributed by atoms with Gasteiger partial charge in [-0.2, -0.15) is 0 Å². The molecule has 21 heavy (non-hydrogen) atoms. The van der Waals surface area contributed by atoms with E-state index in [-0.39, 0.29) is 23.2 Å². The molecule has 0 spiro atoms. The van der Waals surface area contributed by atoms with E-state index in [1.165, 1.54) is 17.3 Å². The summed E-state index contributed by atoms with van der Waals surface area (Å²) >= 11 is 1.53. The van der Waals surface area contributed by atoms with Crippen LogP contribution in [-0.2, 0) is 10.5 Å². The van der Waals surface area contributed by atoms with Gasteiger partial charge in [0.25, 0.3) is 0 Å². The van der Waals surface area contributed by atoms with E-state index in [4.69, 9.17) is 0 Å². The summed E-state index contributed by atoms with van der Waals surface area (Å²) in [4.78, 5) is 23.7. The summed E-state index contributed by atoms with van der Waals surface area (Å²) in [5.74, 6) is 0.533. The van der Waals surface area contributed by atoms with Crippen LogP contribution in [0, 0.1) is 0 Å². The largest absolute Gasteiger partial charge is 0.335 e. The summed E-state index contributed by atoms with van der Waals surface area (Å²) in [7, 11) is 0. The first kappa shape index (κ1) is 15.9. The highest BCUT2D eigenvalue weighted by molar-refractivity contribution is 7.99. The van der Waals surface area contributed by atoms with Crippen LogP contribution < -0.4 is 10.6 Å². The number of thioether (sulfide) groups is 1. The highest BCUT2D eigenvalue weighted by atomic mass is 32.2. The molecule has 0 radical (unpaired) electrons. The fourth-order valence-electron chi connectivity index (χ4n) is 2.38. The molecule has 2 rings (SSSR count). The zero-order chi connectivity index (χ0) is 15.1. The zero-order valence-electron chi connectivity index (χ0n) is 12.3. The van der Waals surface area contributed by atoms with Crippen molar-refractivity contribution in [3.8, 4) is 0 Å². The minimum atomic E-state index is -0.362. The zero-order valence-corrected chi connectivity index (χ0v) is 13.1. The lowest BCUT2D eigenvalue weighted by Crippen LogP contribution is -2.45. The predicted molar refractivity (Wildman–Crippen MR) is 86.1 cm³/mol. The Labute approximate surface area is 130 Å². The van der Waals surface area contributed by atoms with Crippen LogP contribution in [0.1, 0.15) is 38.2 Å². The standard InChI is InChI=1S/C16H22N2O2S/c1-12(21-11-13-7-3-2-4-8-13)15(19)18-16(20)17-14-9-5-6-10-14/h2-4,7-8,12,14H,5-6,9-11H2,1H3,(H2,17,18,19,20)/t12-/m1/s1. The summed E-state index contributed by atoms with van der Waals surface area (Å²) in [6, 6.07) is 9.86. The molecule has 1 aliphatic carbocycles. The molecule has 0 aromatic heterocycles. The minimum absolute atomic E-state index is 0.227. The van der Waals surface area contributed by atoms with E-state index in [1.807, 2.05) is 37.3 Å². The third kappa shape index (κ3) is 5.42. The van der Waals surface area contributed by atoms with Gasteiger partial charge in [-0.1, -0.05) is 43.2 Å². The molecule has 0 saturated heterocycles. The van der Waals surface area contributed by atoms with Crippen molar-refractivity contribution in [1.82, 2.24) is 10.6 Å². The van der Waals surface area contributed by atoms with Crippen LogP contribution in [0.15, 0.2) is 30.3 Å². The Morgan fingerprint density at radius 2 is 1.90 bits per heavy atom. The van der Waals surface area contributed by atoms with E-state index in [1.54, 1.807) is 0 Å². The maximum atomic E-state index is 12.0. The van der Waals surface area contributed by atoms with E-state index in [9.17, 15) is 9.59 Å². The van der Waals surface area contributed by atoms with Crippen LogP contribution in [-0.4, -0.2) is 23.2 Å². The van der Waals surface area contributed by atoms with Gasteiger partial charge < -0.3 is 5.32 Å². The lowest BCUT2D eigenvalue weighted by atomic mass is 10.2. The third-order valence-corrected chi connectivity index (χ3v) is 4.85. The molecule has 0 heterocycles. The molecule has 0 unspecified atom stereocenters. The Morgan fingerprint density at radius 3 is 2.57 bits per heavy atom. The summed E-state index contributed by atoms with van der Waals surface area (Å²) in [6.45, 7) is 1.83. The highest BCUT2D eigenvalue weighted by Gasteiger charge is 2.20. The van der Waals surface area contributed by atoms with E-state index in [2.05, 4.69) is 10.6 Å². The maximum absolute atomic E-state index is 12.0. The molecular formula is C16H22N2O2S. The van der Waals surface area contributed by atoms with Crippen molar-refractivity contribution in [2.75, 3.05) is 0 Å². The van der Waals surface area contributed by atoms with Crippen molar-refractivity contribution in [2.24, 2.45) is 0 Å². The fourth-order valence-corrected chi connectivity index (χ4v) is 3.22. The van der Waals surface area contributed by atoms with Gasteiger partial charge in [-0.05, 0) is 25.3 Å². The van der Waals surface area contributed by atoms with Gasteiger partial charge in [-0.25, -0.2) is 4.79 Å². The van der Waals surface area contributed by atoms with Crippen molar-refractivity contribution in [3.63, 3.8) is 0 Å². The van der Waals surface area contributed by atoms with E-state index >= 15 is 0 Å². The number of imide groups is 1. The van der Waals surface area contributed by atoms with Gasteiger partial charge in [0.15, 0.2) is 0 Å². The second-order valence-electron chi connectivity index (χ2n) is 5.38. The number of carbonyl (C=O) groups excluding carboxylic acids is 2. The fraction of sp³-hybridized carbons (Fsp3) is 0.500. The van der Waals surface area contributed by atoms with E-state index in [0.29, 0.717) is 0 Å². The van der Waals surface area contributed by atoms with Crippen LogP contribution in [0.2, 0.25) is 0 Å². The normalized spacial score (nSPS) is 16.4. The summed E-state index contributed by atoms with van der Waals surface area (Å²) < 4.78 is 0. The Kier molecular flexibility index (Phi) is 6.11. The quantitative estimate of drug-likeness (QED) is 0.879. The number of hydrogen-bond acceptors (Lipinski definition) is 3. The number of benzene rings is 1. The molecule has 1 aromatic carbocycles. The first-order valence-corrected chi connectivity index (χ1v) is 8.47. The van der Waals surface area contributed by atoms with E-state index < -0.39 is 0 Å². The Balaban J connectivity index is 1.70. The van der Waals surface area contributed by atoms with Crippen molar-refractivity contribution in [3.05, 3.63) is 35.9 Å². The Hall–Kier alpha value is -1.49. The summed E-state index contributed by atoms with van der Waals surface area (Å²) in [5.41, 5.74) is 1.18. The molecule has 1 atom stereocenters. The number of urea groups is 1. The molecule has 0 aliphatic heterocycles. The monoisotopic (exact) mass is 306 g/mol. The predicted octanol–water partition coefficient (Wildman–Crippen LogP) is 3.08. The first-order chi connectivity index (χ1) is 10.1. The van der Waals surface area contributed by atoms with Crippen LogP contribution in [0.5, 0.6) is 0 Å². The molecule has 1 aliphatic rings.